The van der Waals surface area contributed by atoms with Gasteiger partial charge in [-0.15, -0.1) is 24.0 Å². The van der Waals surface area contributed by atoms with Gasteiger partial charge >= 0.3 is 0 Å². The first-order valence-electron chi connectivity index (χ1n) is 11.8. The summed E-state index contributed by atoms with van der Waals surface area (Å²) in [5.41, 5.74) is 0. The zero-order valence-corrected chi connectivity index (χ0v) is 22.3. The van der Waals surface area contributed by atoms with Gasteiger partial charge < -0.3 is 24.1 Å². The lowest BCUT2D eigenvalue weighted by Crippen LogP contribution is -2.60. The van der Waals surface area contributed by atoms with Gasteiger partial charge in [-0.3, -0.25) is 14.8 Å². The van der Waals surface area contributed by atoms with Crippen molar-refractivity contribution < 1.29 is 13.9 Å². The molecule has 3 heterocycles. The van der Waals surface area contributed by atoms with Gasteiger partial charge in [0.15, 0.2) is 5.96 Å². The lowest BCUT2D eigenvalue weighted by Gasteiger charge is -2.45. The maximum absolute atomic E-state index is 5.48. The second-order valence-corrected chi connectivity index (χ2v) is 8.60. The molecule has 0 radical (unpaired) electrons. The molecule has 3 rings (SSSR count). The highest BCUT2D eigenvalue weighted by Crippen LogP contribution is 2.16. The molecule has 2 atom stereocenters. The molecule has 0 spiro atoms. The molecule has 1 aromatic heterocycles. The van der Waals surface area contributed by atoms with Gasteiger partial charge in [-0.2, -0.15) is 0 Å². The van der Waals surface area contributed by atoms with E-state index < -0.39 is 0 Å². The van der Waals surface area contributed by atoms with E-state index in [1.165, 1.54) is 0 Å². The monoisotopic (exact) mass is 563 g/mol. The fourth-order valence-electron chi connectivity index (χ4n) is 4.49. The summed E-state index contributed by atoms with van der Waals surface area (Å²) < 4.78 is 16.2. The Balaban J connectivity index is 0.00000363. The summed E-state index contributed by atoms with van der Waals surface area (Å²) in [6.07, 6.45) is 3.67. The standard InChI is InChI=1S/C23H41N5O3.HI/c1-20-18-27(19-21(2)28(20)13-15-29-3)23(25-9-7-22-6-4-14-31-22)24-8-5-10-26-11-16-30-17-12-26;/h4,6,14,20-21H,5,7-13,15-19H2,1-3H3,(H,24,25);1H. The van der Waals surface area contributed by atoms with Crippen molar-refractivity contribution in [3.05, 3.63) is 24.2 Å². The third-order valence-corrected chi connectivity index (χ3v) is 6.19. The minimum absolute atomic E-state index is 0. The first-order valence-corrected chi connectivity index (χ1v) is 11.8. The molecule has 2 fully saturated rings. The number of rotatable bonds is 10. The van der Waals surface area contributed by atoms with E-state index in [9.17, 15) is 0 Å². The summed E-state index contributed by atoms with van der Waals surface area (Å²) in [5, 5.41) is 3.60. The Morgan fingerprint density at radius 2 is 1.94 bits per heavy atom. The third-order valence-electron chi connectivity index (χ3n) is 6.19. The molecule has 0 aromatic carbocycles. The lowest BCUT2D eigenvalue weighted by atomic mass is 10.1. The van der Waals surface area contributed by atoms with Crippen LogP contribution in [0.4, 0.5) is 0 Å². The van der Waals surface area contributed by atoms with E-state index in [2.05, 4.69) is 33.9 Å². The smallest absolute Gasteiger partial charge is 0.194 e. The van der Waals surface area contributed by atoms with Crippen LogP contribution < -0.4 is 5.32 Å². The molecule has 0 amide bonds. The predicted octanol–water partition coefficient (Wildman–Crippen LogP) is 2.15. The number of guanidine groups is 1. The largest absolute Gasteiger partial charge is 0.469 e. The normalized spacial score (nSPS) is 23.2. The van der Waals surface area contributed by atoms with E-state index in [0.717, 1.165) is 96.7 Å². The van der Waals surface area contributed by atoms with Crippen LogP contribution in [0.1, 0.15) is 26.0 Å². The number of hydrogen-bond acceptors (Lipinski definition) is 6. The van der Waals surface area contributed by atoms with Crippen molar-refractivity contribution in [3.63, 3.8) is 0 Å². The molecule has 2 saturated heterocycles. The van der Waals surface area contributed by atoms with E-state index in [4.69, 9.17) is 18.9 Å². The minimum atomic E-state index is 0. The van der Waals surface area contributed by atoms with Crippen molar-refractivity contribution >= 4 is 29.9 Å². The van der Waals surface area contributed by atoms with Crippen LogP contribution in [0.15, 0.2) is 27.8 Å². The molecule has 0 bridgehead atoms. The lowest BCUT2D eigenvalue weighted by molar-refractivity contribution is 0.0376. The van der Waals surface area contributed by atoms with Crippen LogP contribution in [0, 0.1) is 0 Å². The maximum Gasteiger partial charge on any atom is 0.194 e. The number of hydrogen-bond donors (Lipinski definition) is 1. The predicted molar refractivity (Wildman–Crippen MR) is 139 cm³/mol. The van der Waals surface area contributed by atoms with Crippen LogP contribution in [0.3, 0.4) is 0 Å². The highest BCUT2D eigenvalue weighted by molar-refractivity contribution is 14.0. The molecule has 9 heteroatoms. The van der Waals surface area contributed by atoms with Crippen molar-refractivity contribution in [2.45, 2.75) is 38.8 Å². The number of nitrogens with zero attached hydrogens (tertiary/aromatic N) is 4. The minimum Gasteiger partial charge on any atom is -0.469 e. The fourth-order valence-corrected chi connectivity index (χ4v) is 4.49. The van der Waals surface area contributed by atoms with E-state index >= 15 is 0 Å². The van der Waals surface area contributed by atoms with Crippen LogP contribution in [-0.2, 0) is 15.9 Å². The molecule has 2 aliphatic rings. The number of methoxy groups -OCH3 is 1. The van der Waals surface area contributed by atoms with Crippen molar-refractivity contribution in [3.8, 4) is 0 Å². The molecule has 8 nitrogen and oxygen atoms in total. The van der Waals surface area contributed by atoms with Crippen LogP contribution in [0.5, 0.6) is 0 Å². The molecule has 1 N–H and O–H groups in total. The zero-order chi connectivity index (χ0) is 21.9. The van der Waals surface area contributed by atoms with E-state index in [-0.39, 0.29) is 24.0 Å². The van der Waals surface area contributed by atoms with Crippen molar-refractivity contribution in [1.82, 2.24) is 20.0 Å². The van der Waals surface area contributed by atoms with Gasteiger partial charge in [-0.25, -0.2) is 0 Å². The first-order chi connectivity index (χ1) is 15.2. The fraction of sp³-hybridized carbons (Fsp3) is 0.783. The van der Waals surface area contributed by atoms with Gasteiger partial charge in [0.2, 0.25) is 0 Å². The van der Waals surface area contributed by atoms with E-state index in [1.54, 1.807) is 13.4 Å². The van der Waals surface area contributed by atoms with Gasteiger partial charge in [0.1, 0.15) is 5.76 Å². The van der Waals surface area contributed by atoms with Crippen molar-refractivity contribution in [2.75, 3.05) is 79.3 Å². The molecular weight excluding hydrogens is 521 g/mol. The summed E-state index contributed by atoms with van der Waals surface area (Å²) in [4.78, 5) is 12.4. The number of nitrogens with one attached hydrogen (secondary N) is 1. The highest BCUT2D eigenvalue weighted by Gasteiger charge is 2.30. The molecule has 0 saturated carbocycles. The Labute approximate surface area is 210 Å². The number of piperazine rings is 1. The number of furan rings is 1. The second-order valence-electron chi connectivity index (χ2n) is 8.60. The molecule has 184 valence electrons. The van der Waals surface area contributed by atoms with Gasteiger partial charge in [-0.1, -0.05) is 0 Å². The average molecular weight is 564 g/mol. The van der Waals surface area contributed by atoms with E-state index in [1.807, 2.05) is 12.1 Å². The summed E-state index contributed by atoms with van der Waals surface area (Å²) in [6, 6.07) is 4.90. The number of morpholine rings is 1. The molecule has 2 aliphatic heterocycles. The Kier molecular flexibility index (Phi) is 12.9. The first kappa shape index (κ1) is 27.4. The summed E-state index contributed by atoms with van der Waals surface area (Å²) in [7, 11) is 1.77. The van der Waals surface area contributed by atoms with Gasteiger partial charge in [0.05, 0.1) is 26.1 Å². The highest BCUT2D eigenvalue weighted by atomic mass is 127. The SMILES string of the molecule is COCCN1C(C)CN(C(=NCCCN2CCOCC2)NCCc2ccco2)CC1C.I. The summed E-state index contributed by atoms with van der Waals surface area (Å²) >= 11 is 0. The van der Waals surface area contributed by atoms with Crippen LogP contribution in [-0.4, -0.2) is 112 Å². The van der Waals surface area contributed by atoms with Crippen LogP contribution in [0.25, 0.3) is 0 Å². The third kappa shape index (κ3) is 8.81. The Hall–Kier alpha value is -0.880. The summed E-state index contributed by atoms with van der Waals surface area (Å²) in [6.45, 7) is 14.8. The summed E-state index contributed by atoms with van der Waals surface area (Å²) in [5.74, 6) is 2.03. The Bertz CT molecular complexity index is 628. The van der Waals surface area contributed by atoms with Gasteiger partial charge in [-0.05, 0) is 32.4 Å². The maximum atomic E-state index is 5.48. The van der Waals surface area contributed by atoms with Crippen molar-refractivity contribution in [1.29, 1.82) is 0 Å². The van der Waals surface area contributed by atoms with Gasteiger partial charge in [0, 0.05) is 78.0 Å². The van der Waals surface area contributed by atoms with E-state index in [0.29, 0.717) is 12.1 Å². The van der Waals surface area contributed by atoms with Crippen LogP contribution >= 0.6 is 24.0 Å². The van der Waals surface area contributed by atoms with Crippen molar-refractivity contribution in [2.24, 2.45) is 4.99 Å². The molecular formula is C23H42IN5O3. The van der Waals surface area contributed by atoms with Crippen LogP contribution in [0.2, 0.25) is 0 Å². The van der Waals surface area contributed by atoms with Gasteiger partial charge in [0.25, 0.3) is 0 Å². The topological polar surface area (TPSA) is 65.7 Å². The second kappa shape index (κ2) is 15.1. The molecule has 32 heavy (non-hydrogen) atoms. The molecule has 0 aliphatic carbocycles. The average Bonchev–Trinajstić information content (AvgIpc) is 3.29. The Morgan fingerprint density at radius 3 is 2.59 bits per heavy atom. The quantitative estimate of drug-likeness (QED) is 0.203. The zero-order valence-electron chi connectivity index (χ0n) is 20.0. The Morgan fingerprint density at radius 1 is 1.19 bits per heavy atom. The molecule has 2 unspecified atom stereocenters. The number of ether oxygens (including phenoxy) is 2. The number of aliphatic imine (C=N–C) groups is 1. The molecule has 1 aromatic rings. The number of halogens is 1.